The summed E-state index contributed by atoms with van der Waals surface area (Å²) in [6.07, 6.45) is 0.727. The first kappa shape index (κ1) is 18.7. The van der Waals surface area contributed by atoms with Crippen molar-refractivity contribution < 1.29 is 14.3 Å². The normalized spacial score (nSPS) is 10.7. The number of aryl methyl sites for hydroxylation is 1. The van der Waals surface area contributed by atoms with Crippen molar-refractivity contribution in [3.05, 3.63) is 65.4 Å². The molecule has 0 unspecified atom stereocenters. The predicted octanol–water partition coefficient (Wildman–Crippen LogP) is 3.88. The van der Waals surface area contributed by atoms with Crippen molar-refractivity contribution in [2.45, 2.75) is 13.3 Å². The van der Waals surface area contributed by atoms with E-state index in [1.807, 2.05) is 62.5 Å². The Bertz CT molecular complexity index is 969. The molecule has 140 valence electrons. The van der Waals surface area contributed by atoms with Crippen molar-refractivity contribution >= 4 is 16.8 Å². The van der Waals surface area contributed by atoms with Crippen LogP contribution >= 0.6 is 0 Å². The number of carbonyl (C=O) groups is 1. The van der Waals surface area contributed by atoms with E-state index in [0.717, 1.165) is 28.6 Å². The monoisotopic (exact) mass is 364 g/mol. The van der Waals surface area contributed by atoms with Crippen LogP contribution in [0.5, 0.6) is 11.5 Å². The number of amides is 1. The van der Waals surface area contributed by atoms with Gasteiger partial charge < -0.3 is 14.4 Å². The Hall–Kier alpha value is -3.08. The SMILES string of the molecule is COc1ccc(CCN(C)C(=O)c2cc(C)nc3ccccc23)cc1OC. The molecule has 0 saturated heterocycles. The van der Waals surface area contributed by atoms with Crippen molar-refractivity contribution in [2.24, 2.45) is 0 Å². The smallest absolute Gasteiger partial charge is 0.254 e. The zero-order valence-corrected chi connectivity index (χ0v) is 16.2. The summed E-state index contributed by atoms with van der Waals surface area (Å²) in [5, 5.41) is 0.881. The van der Waals surface area contributed by atoms with E-state index < -0.39 is 0 Å². The number of benzene rings is 2. The van der Waals surface area contributed by atoms with E-state index in [-0.39, 0.29) is 5.91 Å². The second-order valence-electron chi connectivity index (χ2n) is 6.49. The molecule has 0 atom stereocenters. The van der Waals surface area contributed by atoms with Crippen molar-refractivity contribution in [3.63, 3.8) is 0 Å². The van der Waals surface area contributed by atoms with Gasteiger partial charge in [-0.25, -0.2) is 0 Å². The minimum absolute atomic E-state index is 0.00261. The Morgan fingerprint density at radius 1 is 1.04 bits per heavy atom. The largest absolute Gasteiger partial charge is 0.493 e. The van der Waals surface area contributed by atoms with Gasteiger partial charge in [-0.2, -0.15) is 0 Å². The third-order valence-electron chi connectivity index (χ3n) is 4.61. The highest BCUT2D eigenvalue weighted by atomic mass is 16.5. The summed E-state index contributed by atoms with van der Waals surface area (Å²) in [4.78, 5) is 19.3. The average Bonchev–Trinajstić information content (AvgIpc) is 2.70. The summed E-state index contributed by atoms with van der Waals surface area (Å²) >= 11 is 0. The van der Waals surface area contributed by atoms with Crippen molar-refractivity contribution in [1.29, 1.82) is 0 Å². The molecule has 0 aliphatic carbocycles. The molecule has 0 aliphatic rings. The van der Waals surface area contributed by atoms with Crippen molar-refractivity contribution in [3.8, 4) is 11.5 Å². The van der Waals surface area contributed by atoms with Gasteiger partial charge in [-0.05, 0) is 43.2 Å². The Kier molecular flexibility index (Phi) is 5.60. The quantitative estimate of drug-likeness (QED) is 0.666. The predicted molar refractivity (Wildman–Crippen MR) is 107 cm³/mol. The number of aromatic nitrogens is 1. The Morgan fingerprint density at radius 2 is 1.78 bits per heavy atom. The van der Waals surface area contributed by atoms with Crippen LogP contribution in [0.4, 0.5) is 0 Å². The fraction of sp³-hybridized carbons (Fsp3) is 0.273. The maximum atomic E-state index is 13.0. The maximum Gasteiger partial charge on any atom is 0.254 e. The Balaban J connectivity index is 1.77. The molecule has 0 fully saturated rings. The zero-order valence-electron chi connectivity index (χ0n) is 16.2. The van der Waals surface area contributed by atoms with Crippen LogP contribution < -0.4 is 9.47 Å². The fourth-order valence-electron chi connectivity index (χ4n) is 3.12. The van der Waals surface area contributed by atoms with E-state index in [2.05, 4.69) is 4.98 Å². The molecule has 3 aromatic rings. The number of fused-ring (bicyclic) bond motifs is 1. The highest BCUT2D eigenvalue weighted by Crippen LogP contribution is 2.28. The molecular formula is C22H24N2O3. The topological polar surface area (TPSA) is 51.7 Å². The fourth-order valence-corrected chi connectivity index (χ4v) is 3.12. The van der Waals surface area contributed by atoms with Crippen LogP contribution in [0, 0.1) is 6.92 Å². The molecule has 5 nitrogen and oxygen atoms in total. The average molecular weight is 364 g/mol. The first-order valence-corrected chi connectivity index (χ1v) is 8.86. The third-order valence-corrected chi connectivity index (χ3v) is 4.61. The Labute approximate surface area is 159 Å². The lowest BCUT2D eigenvalue weighted by atomic mass is 10.1. The van der Waals surface area contributed by atoms with Crippen molar-refractivity contribution in [2.75, 3.05) is 27.8 Å². The molecule has 0 saturated carbocycles. The molecule has 2 aromatic carbocycles. The second-order valence-corrected chi connectivity index (χ2v) is 6.49. The second kappa shape index (κ2) is 8.08. The first-order chi connectivity index (χ1) is 13.0. The van der Waals surface area contributed by atoms with Crippen LogP contribution in [-0.4, -0.2) is 43.6 Å². The third kappa shape index (κ3) is 4.03. The molecule has 5 heteroatoms. The van der Waals surface area contributed by atoms with Gasteiger partial charge in [-0.3, -0.25) is 9.78 Å². The van der Waals surface area contributed by atoms with Crippen molar-refractivity contribution in [1.82, 2.24) is 9.88 Å². The summed E-state index contributed by atoms with van der Waals surface area (Å²) in [6.45, 7) is 2.51. The molecule has 1 amide bonds. The number of hydrogen-bond donors (Lipinski definition) is 0. The van der Waals surface area contributed by atoms with E-state index >= 15 is 0 Å². The number of pyridine rings is 1. The lowest BCUT2D eigenvalue weighted by Gasteiger charge is -2.19. The van der Waals surface area contributed by atoms with E-state index in [1.54, 1.807) is 19.1 Å². The van der Waals surface area contributed by atoms with Crippen LogP contribution in [0.25, 0.3) is 10.9 Å². The number of nitrogens with zero attached hydrogens (tertiary/aromatic N) is 2. The molecule has 0 bridgehead atoms. The van der Waals surface area contributed by atoms with Gasteiger partial charge in [0.15, 0.2) is 11.5 Å². The van der Waals surface area contributed by atoms with Gasteiger partial charge in [0.1, 0.15) is 0 Å². The Morgan fingerprint density at radius 3 is 2.52 bits per heavy atom. The van der Waals surface area contributed by atoms with E-state index in [9.17, 15) is 4.79 Å². The number of para-hydroxylation sites is 1. The molecule has 0 N–H and O–H groups in total. The number of rotatable bonds is 6. The van der Waals surface area contributed by atoms with Crippen LogP contribution in [-0.2, 0) is 6.42 Å². The first-order valence-electron chi connectivity index (χ1n) is 8.86. The highest BCUT2D eigenvalue weighted by Gasteiger charge is 2.16. The molecule has 27 heavy (non-hydrogen) atoms. The minimum Gasteiger partial charge on any atom is -0.493 e. The van der Waals surface area contributed by atoms with Crippen LogP contribution in [0.2, 0.25) is 0 Å². The molecule has 0 radical (unpaired) electrons. The van der Waals surface area contributed by atoms with Crippen LogP contribution in [0.1, 0.15) is 21.6 Å². The van der Waals surface area contributed by atoms with Gasteiger partial charge in [0, 0.05) is 24.7 Å². The maximum absolute atomic E-state index is 13.0. The van der Waals surface area contributed by atoms with Crippen LogP contribution in [0.3, 0.4) is 0 Å². The number of likely N-dealkylation sites (N-methyl/N-ethyl adjacent to an activating group) is 1. The molecular weight excluding hydrogens is 340 g/mol. The molecule has 0 spiro atoms. The van der Waals surface area contributed by atoms with Gasteiger partial charge in [0.25, 0.3) is 5.91 Å². The van der Waals surface area contributed by atoms with Gasteiger partial charge >= 0.3 is 0 Å². The summed E-state index contributed by atoms with van der Waals surface area (Å²) in [6, 6.07) is 15.4. The lowest BCUT2D eigenvalue weighted by Crippen LogP contribution is -2.29. The summed E-state index contributed by atoms with van der Waals surface area (Å²) in [5.41, 5.74) is 3.45. The molecule has 0 aliphatic heterocycles. The van der Waals surface area contributed by atoms with Gasteiger partial charge in [-0.1, -0.05) is 24.3 Å². The highest BCUT2D eigenvalue weighted by molar-refractivity contribution is 6.06. The van der Waals surface area contributed by atoms with Gasteiger partial charge in [-0.15, -0.1) is 0 Å². The zero-order chi connectivity index (χ0) is 19.4. The standard InChI is InChI=1S/C22H24N2O3/c1-15-13-18(17-7-5-6-8-19(17)23-15)22(25)24(2)12-11-16-9-10-20(26-3)21(14-16)27-4/h5-10,13-14H,11-12H2,1-4H3. The molecule has 1 aromatic heterocycles. The number of methoxy groups -OCH3 is 2. The van der Waals surface area contributed by atoms with Crippen LogP contribution in [0.15, 0.2) is 48.5 Å². The minimum atomic E-state index is -0.00261. The van der Waals surface area contributed by atoms with E-state index in [4.69, 9.17) is 9.47 Å². The van der Waals surface area contributed by atoms with Gasteiger partial charge in [0.2, 0.25) is 0 Å². The van der Waals surface area contributed by atoms with Gasteiger partial charge in [0.05, 0.1) is 25.3 Å². The van der Waals surface area contributed by atoms with E-state index in [0.29, 0.717) is 23.6 Å². The summed E-state index contributed by atoms with van der Waals surface area (Å²) in [5.74, 6) is 1.39. The van der Waals surface area contributed by atoms with E-state index in [1.165, 1.54) is 0 Å². The number of carbonyl (C=O) groups excluding carboxylic acids is 1. The molecule has 1 heterocycles. The summed E-state index contributed by atoms with van der Waals surface area (Å²) in [7, 11) is 5.06. The number of hydrogen-bond acceptors (Lipinski definition) is 4. The molecule has 3 rings (SSSR count). The summed E-state index contributed by atoms with van der Waals surface area (Å²) < 4.78 is 10.6. The lowest BCUT2D eigenvalue weighted by molar-refractivity contribution is 0.0798. The number of ether oxygens (including phenoxy) is 2.